The highest BCUT2D eigenvalue weighted by Gasteiger charge is 2.22. The van der Waals surface area contributed by atoms with E-state index in [9.17, 15) is 4.21 Å². The van der Waals surface area contributed by atoms with Crippen LogP contribution in [-0.4, -0.2) is 18.6 Å². The van der Waals surface area contributed by atoms with Gasteiger partial charge in [0.2, 0.25) is 11.3 Å². The summed E-state index contributed by atoms with van der Waals surface area (Å²) < 4.78 is 20.2. The third kappa shape index (κ3) is 2.71. The number of nitrogens with zero attached hydrogens (tertiary/aromatic N) is 1. The molecule has 1 aliphatic rings. The van der Waals surface area contributed by atoms with E-state index in [1.807, 2.05) is 0 Å². The van der Waals surface area contributed by atoms with Gasteiger partial charge in [0.1, 0.15) is 0 Å². The molecule has 0 saturated heterocycles. The lowest BCUT2D eigenvalue weighted by molar-refractivity contribution is 0.334. The summed E-state index contributed by atoms with van der Waals surface area (Å²) in [4.78, 5) is 0. The minimum atomic E-state index is -2.01. The van der Waals surface area contributed by atoms with E-state index in [4.69, 9.17) is 16.3 Å². The van der Waals surface area contributed by atoms with Gasteiger partial charge in [0.15, 0.2) is 0 Å². The third-order valence-corrected chi connectivity index (χ3v) is 3.24. The molecule has 66 valence electrons. The highest BCUT2D eigenvalue weighted by molar-refractivity contribution is 7.77. The summed E-state index contributed by atoms with van der Waals surface area (Å²) in [6, 6.07) is 0.0937. The molecule has 0 aromatic heterocycles. The highest BCUT2D eigenvalue weighted by Crippen LogP contribution is 2.24. The van der Waals surface area contributed by atoms with Crippen LogP contribution in [0.5, 0.6) is 0 Å². The van der Waals surface area contributed by atoms with Gasteiger partial charge in [0.05, 0.1) is 0 Å². The lowest BCUT2D eigenvalue weighted by atomic mass is 9.96. The SMILES string of the molecule is O=S(O)N(Cl)C1CCCCC1. The average Bonchev–Trinajstić information content (AvgIpc) is 2.05. The highest BCUT2D eigenvalue weighted by atomic mass is 35.5. The van der Waals surface area contributed by atoms with Crippen LogP contribution in [0.15, 0.2) is 0 Å². The van der Waals surface area contributed by atoms with Crippen molar-refractivity contribution in [3.8, 4) is 0 Å². The molecule has 3 nitrogen and oxygen atoms in total. The Hall–Kier alpha value is 0.360. The molecule has 1 saturated carbocycles. The summed E-state index contributed by atoms with van der Waals surface area (Å²) in [5.74, 6) is 0. The number of hydrogen-bond acceptors (Lipinski definition) is 1. The van der Waals surface area contributed by atoms with Crippen LogP contribution in [0.2, 0.25) is 0 Å². The van der Waals surface area contributed by atoms with E-state index >= 15 is 0 Å². The van der Waals surface area contributed by atoms with Gasteiger partial charge in [-0.15, -0.1) is 3.82 Å². The predicted molar refractivity (Wildman–Crippen MR) is 45.3 cm³/mol. The molecule has 1 fully saturated rings. The molecular formula is C6H12ClNO2S. The van der Waals surface area contributed by atoms with Gasteiger partial charge in [0.25, 0.3) is 0 Å². The van der Waals surface area contributed by atoms with Crippen LogP contribution in [0.3, 0.4) is 0 Å². The van der Waals surface area contributed by atoms with E-state index in [-0.39, 0.29) is 6.04 Å². The number of rotatable bonds is 2. The lowest BCUT2D eigenvalue weighted by Crippen LogP contribution is -2.30. The van der Waals surface area contributed by atoms with Crippen molar-refractivity contribution >= 4 is 23.0 Å². The van der Waals surface area contributed by atoms with Gasteiger partial charge >= 0.3 is 0 Å². The summed E-state index contributed by atoms with van der Waals surface area (Å²) in [6.45, 7) is 0. The second kappa shape index (κ2) is 4.40. The summed E-state index contributed by atoms with van der Waals surface area (Å²) in [7, 11) is 0. The fourth-order valence-electron chi connectivity index (χ4n) is 1.41. The molecular weight excluding hydrogens is 186 g/mol. The fraction of sp³-hybridized carbons (Fsp3) is 1.00. The Balaban J connectivity index is 2.38. The first-order valence-electron chi connectivity index (χ1n) is 3.78. The maximum absolute atomic E-state index is 10.5. The maximum atomic E-state index is 10.5. The van der Waals surface area contributed by atoms with Crippen molar-refractivity contribution in [1.82, 2.24) is 3.82 Å². The van der Waals surface area contributed by atoms with Crippen molar-refractivity contribution in [2.45, 2.75) is 38.1 Å². The van der Waals surface area contributed by atoms with Gasteiger partial charge in [-0.2, -0.15) is 0 Å². The first kappa shape index (κ1) is 9.45. The Labute approximate surface area is 74.2 Å². The zero-order chi connectivity index (χ0) is 8.27. The molecule has 11 heavy (non-hydrogen) atoms. The zero-order valence-corrected chi connectivity index (χ0v) is 7.77. The molecule has 0 amide bonds. The standard InChI is InChI=1S/C6H12ClNO2S/c7-8(11(9)10)6-4-2-1-3-5-6/h6H,1-5H2,(H,9,10). The second-order valence-corrected chi connectivity index (χ2v) is 4.21. The Bertz CT molecular complexity index is 150. The molecule has 1 unspecified atom stereocenters. The van der Waals surface area contributed by atoms with E-state index in [2.05, 4.69) is 0 Å². The van der Waals surface area contributed by atoms with Gasteiger partial charge < -0.3 is 0 Å². The third-order valence-electron chi connectivity index (χ3n) is 2.01. The molecule has 0 radical (unpaired) electrons. The van der Waals surface area contributed by atoms with Gasteiger partial charge in [0, 0.05) is 6.04 Å². The maximum Gasteiger partial charge on any atom is 0.249 e. The summed E-state index contributed by atoms with van der Waals surface area (Å²) >= 11 is 3.57. The van der Waals surface area contributed by atoms with Gasteiger partial charge in [-0.25, -0.2) is 4.21 Å². The van der Waals surface area contributed by atoms with Gasteiger partial charge in [-0.05, 0) is 24.6 Å². The lowest BCUT2D eigenvalue weighted by Gasteiger charge is -2.25. The molecule has 1 aliphatic carbocycles. The van der Waals surface area contributed by atoms with E-state index in [0.29, 0.717) is 0 Å². The van der Waals surface area contributed by atoms with Crippen LogP contribution in [-0.2, 0) is 11.3 Å². The summed E-state index contributed by atoms with van der Waals surface area (Å²) in [5.41, 5.74) is 0. The molecule has 0 aliphatic heterocycles. The Morgan fingerprint density at radius 3 is 2.36 bits per heavy atom. The molecule has 1 atom stereocenters. The van der Waals surface area contributed by atoms with Crippen LogP contribution >= 0.6 is 11.8 Å². The first-order chi connectivity index (χ1) is 5.22. The molecule has 1 rings (SSSR count). The first-order valence-corrected chi connectivity index (χ1v) is 5.18. The van der Waals surface area contributed by atoms with Crippen molar-refractivity contribution in [2.75, 3.05) is 0 Å². The van der Waals surface area contributed by atoms with Crippen molar-refractivity contribution in [3.05, 3.63) is 0 Å². The Kier molecular flexibility index (Phi) is 3.78. The van der Waals surface area contributed by atoms with E-state index in [1.54, 1.807) is 0 Å². The molecule has 0 aromatic carbocycles. The minimum Gasteiger partial charge on any atom is -0.293 e. The van der Waals surface area contributed by atoms with Crippen LogP contribution in [0.1, 0.15) is 32.1 Å². The van der Waals surface area contributed by atoms with Crippen molar-refractivity contribution in [2.24, 2.45) is 0 Å². The van der Waals surface area contributed by atoms with Gasteiger partial charge in [-0.1, -0.05) is 19.3 Å². The predicted octanol–water partition coefficient (Wildman–Crippen LogP) is 1.91. The minimum absolute atomic E-state index is 0.0937. The smallest absolute Gasteiger partial charge is 0.249 e. The quantitative estimate of drug-likeness (QED) is 0.543. The van der Waals surface area contributed by atoms with Crippen LogP contribution in [0, 0.1) is 0 Å². The Morgan fingerprint density at radius 1 is 1.36 bits per heavy atom. The molecule has 0 bridgehead atoms. The van der Waals surface area contributed by atoms with E-state index < -0.39 is 11.3 Å². The summed E-state index contributed by atoms with van der Waals surface area (Å²) in [5, 5.41) is 0. The van der Waals surface area contributed by atoms with E-state index in [0.717, 1.165) is 29.5 Å². The van der Waals surface area contributed by atoms with Gasteiger partial charge in [-0.3, -0.25) is 4.55 Å². The average molecular weight is 198 g/mol. The monoisotopic (exact) mass is 197 g/mol. The molecule has 0 heterocycles. The summed E-state index contributed by atoms with van der Waals surface area (Å²) in [6.07, 6.45) is 5.33. The van der Waals surface area contributed by atoms with E-state index in [1.165, 1.54) is 6.42 Å². The second-order valence-electron chi connectivity index (χ2n) is 2.79. The van der Waals surface area contributed by atoms with Crippen LogP contribution in [0.25, 0.3) is 0 Å². The van der Waals surface area contributed by atoms with Crippen molar-refractivity contribution in [1.29, 1.82) is 0 Å². The molecule has 0 spiro atoms. The fourth-order valence-corrected chi connectivity index (χ4v) is 2.07. The zero-order valence-electron chi connectivity index (χ0n) is 6.20. The van der Waals surface area contributed by atoms with Crippen molar-refractivity contribution < 1.29 is 8.76 Å². The Morgan fingerprint density at radius 2 is 1.91 bits per heavy atom. The largest absolute Gasteiger partial charge is 0.293 e. The topological polar surface area (TPSA) is 40.5 Å². The van der Waals surface area contributed by atoms with Crippen LogP contribution in [0.4, 0.5) is 0 Å². The van der Waals surface area contributed by atoms with Crippen LogP contribution < -0.4 is 0 Å². The molecule has 5 heteroatoms. The number of halogens is 1. The molecule has 0 aromatic rings. The molecule has 1 N–H and O–H groups in total. The normalized spacial score (nSPS) is 23.9. The van der Waals surface area contributed by atoms with Crippen molar-refractivity contribution in [3.63, 3.8) is 0 Å². The number of hydrogen-bond donors (Lipinski definition) is 1.